The number of carbonyl (C=O) groups excluding carboxylic acids is 3. The van der Waals surface area contributed by atoms with E-state index >= 15 is 0 Å². The van der Waals surface area contributed by atoms with Crippen LogP contribution in [0, 0.1) is 0 Å². The predicted molar refractivity (Wildman–Crippen MR) is 67.9 cm³/mol. The van der Waals surface area contributed by atoms with Gasteiger partial charge in [0.2, 0.25) is 5.91 Å². The average molecular weight is 259 g/mol. The molecule has 0 aliphatic carbocycles. The van der Waals surface area contributed by atoms with Crippen molar-refractivity contribution in [3.8, 4) is 0 Å². The topological polar surface area (TPSA) is 78.5 Å². The first kappa shape index (κ1) is 11.7. The number of benzene rings is 1. The fourth-order valence-electron chi connectivity index (χ4n) is 2.53. The fraction of sp³-hybridized carbons (Fsp3) is 0.308. The smallest absolute Gasteiger partial charge is 0.262 e. The van der Waals surface area contributed by atoms with Crippen LogP contribution in [-0.4, -0.2) is 42.3 Å². The van der Waals surface area contributed by atoms with Gasteiger partial charge in [0.05, 0.1) is 11.1 Å². The summed E-state index contributed by atoms with van der Waals surface area (Å²) in [5.74, 6) is -1.04. The second-order valence-electron chi connectivity index (χ2n) is 4.59. The monoisotopic (exact) mass is 259 g/mol. The largest absolute Gasteiger partial charge is 0.388 e. The van der Waals surface area contributed by atoms with Crippen molar-refractivity contribution >= 4 is 23.4 Å². The molecule has 6 nitrogen and oxygen atoms in total. The summed E-state index contributed by atoms with van der Waals surface area (Å²) in [6, 6.07) is 4.32. The lowest BCUT2D eigenvalue weighted by Crippen LogP contribution is -2.44. The molecule has 6 heteroatoms. The molecular formula is C13H13N3O3. The normalized spacial score (nSPS) is 21.6. The molecule has 1 fully saturated rings. The molecule has 2 aliphatic heterocycles. The van der Waals surface area contributed by atoms with Crippen molar-refractivity contribution in [2.45, 2.75) is 12.5 Å². The van der Waals surface area contributed by atoms with Crippen LogP contribution < -0.4 is 10.6 Å². The maximum atomic E-state index is 12.3. The third-order valence-corrected chi connectivity index (χ3v) is 3.54. The molecular weight excluding hydrogens is 246 g/mol. The molecule has 2 N–H and O–H groups in total. The molecule has 1 saturated heterocycles. The van der Waals surface area contributed by atoms with Gasteiger partial charge in [-0.3, -0.25) is 19.3 Å². The van der Waals surface area contributed by atoms with Gasteiger partial charge in [-0.1, -0.05) is 0 Å². The van der Waals surface area contributed by atoms with Crippen molar-refractivity contribution in [1.29, 1.82) is 0 Å². The van der Waals surface area contributed by atoms with Crippen LogP contribution in [0.3, 0.4) is 0 Å². The van der Waals surface area contributed by atoms with Gasteiger partial charge in [-0.15, -0.1) is 0 Å². The van der Waals surface area contributed by atoms with Crippen molar-refractivity contribution in [3.63, 3.8) is 0 Å². The van der Waals surface area contributed by atoms with Crippen LogP contribution in [0.15, 0.2) is 18.2 Å². The summed E-state index contributed by atoms with van der Waals surface area (Å²) in [6.45, 7) is 0.499. The Morgan fingerprint density at radius 1 is 1.21 bits per heavy atom. The molecule has 0 spiro atoms. The molecule has 0 radical (unpaired) electrons. The minimum atomic E-state index is -0.676. The number of hydrogen-bond acceptors (Lipinski definition) is 4. The molecule has 1 aromatic rings. The van der Waals surface area contributed by atoms with Gasteiger partial charge in [0, 0.05) is 19.3 Å². The zero-order chi connectivity index (χ0) is 13.6. The Morgan fingerprint density at radius 3 is 2.58 bits per heavy atom. The molecule has 2 heterocycles. The van der Waals surface area contributed by atoms with E-state index in [-0.39, 0.29) is 17.7 Å². The molecule has 19 heavy (non-hydrogen) atoms. The minimum absolute atomic E-state index is 0.261. The van der Waals surface area contributed by atoms with E-state index in [1.165, 1.54) is 0 Å². The summed E-state index contributed by atoms with van der Waals surface area (Å²) in [5, 5.41) is 5.56. The summed E-state index contributed by atoms with van der Waals surface area (Å²) in [4.78, 5) is 37.3. The fourth-order valence-corrected chi connectivity index (χ4v) is 2.53. The number of rotatable bonds is 2. The van der Waals surface area contributed by atoms with Crippen LogP contribution in [0.25, 0.3) is 0 Å². The quantitative estimate of drug-likeness (QED) is 0.744. The van der Waals surface area contributed by atoms with Gasteiger partial charge >= 0.3 is 0 Å². The van der Waals surface area contributed by atoms with Crippen molar-refractivity contribution in [2.75, 3.05) is 18.9 Å². The number of hydrogen-bond donors (Lipinski definition) is 2. The van der Waals surface area contributed by atoms with Crippen LogP contribution >= 0.6 is 0 Å². The standard InChI is InChI=1S/C13H13N3O3/c1-14-7-2-3-8-9(6-7)13(19)16(12(8)18)10-4-5-15-11(10)17/h2-3,6,10,14H,4-5H2,1H3,(H,15,17). The Morgan fingerprint density at radius 2 is 1.95 bits per heavy atom. The first-order chi connectivity index (χ1) is 9.13. The van der Waals surface area contributed by atoms with Crippen LogP contribution in [-0.2, 0) is 4.79 Å². The molecule has 1 unspecified atom stereocenters. The van der Waals surface area contributed by atoms with Gasteiger partial charge in [-0.05, 0) is 24.6 Å². The molecule has 3 rings (SSSR count). The third kappa shape index (κ3) is 1.60. The first-order valence-electron chi connectivity index (χ1n) is 6.11. The second-order valence-corrected chi connectivity index (χ2v) is 4.59. The molecule has 98 valence electrons. The number of carbonyl (C=O) groups is 3. The highest BCUT2D eigenvalue weighted by atomic mass is 16.2. The van der Waals surface area contributed by atoms with Crippen molar-refractivity contribution in [3.05, 3.63) is 29.3 Å². The molecule has 0 aromatic heterocycles. The number of imide groups is 1. The van der Waals surface area contributed by atoms with Crippen molar-refractivity contribution < 1.29 is 14.4 Å². The summed E-state index contributed by atoms with van der Waals surface area (Å²) < 4.78 is 0. The zero-order valence-electron chi connectivity index (χ0n) is 10.4. The van der Waals surface area contributed by atoms with E-state index in [1.54, 1.807) is 25.2 Å². The minimum Gasteiger partial charge on any atom is -0.388 e. The maximum Gasteiger partial charge on any atom is 0.262 e. The summed E-state index contributed by atoms with van der Waals surface area (Å²) in [6.07, 6.45) is 0.475. The molecule has 0 bridgehead atoms. The molecule has 0 saturated carbocycles. The summed E-state index contributed by atoms with van der Waals surface area (Å²) in [5.41, 5.74) is 1.48. The van der Waals surface area contributed by atoms with E-state index < -0.39 is 6.04 Å². The van der Waals surface area contributed by atoms with Gasteiger partial charge in [-0.2, -0.15) is 0 Å². The van der Waals surface area contributed by atoms with Crippen LogP contribution in [0.1, 0.15) is 27.1 Å². The highest BCUT2D eigenvalue weighted by Crippen LogP contribution is 2.28. The average Bonchev–Trinajstić information content (AvgIpc) is 2.93. The highest BCUT2D eigenvalue weighted by Gasteiger charge is 2.44. The lowest BCUT2D eigenvalue weighted by atomic mass is 10.1. The SMILES string of the molecule is CNc1ccc2c(c1)C(=O)N(C1CCNC1=O)C2=O. The Balaban J connectivity index is 2.02. The van der Waals surface area contributed by atoms with Gasteiger partial charge < -0.3 is 10.6 Å². The summed E-state index contributed by atoms with van der Waals surface area (Å²) >= 11 is 0. The molecule has 1 aromatic carbocycles. The number of amides is 3. The predicted octanol–water partition coefficient (Wildman–Crippen LogP) is 0.213. The number of nitrogens with zero attached hydrogens (tertiary/aromatic N) is 1. The number of nitrogens with one attached hydrogen (secondary N) is 2. The molecule has 2 aliphatic rings. The Labute approximate surface area is 109 Å². The van der Waals surface area contributed by atoms with Crippen LogP contribution in [0.5, 0.6) is 0 Å². The van der Waals surface area contributed by atoms with Crippen LogP contribution in [0.2, 0.25) is 0 Å². The Hall–Kier alpha value is -2.37. The van der Waals surface area contributed by atoms with E-state index in [0.29, 0.717) is 24.1 Å². The van der Waals surface area contributed by atoms with Gasteiger partial charge in [0.1, 0.15) is 6.04 Å². The second kappa shape index (κ2) is 4.08. The molecule has 1 atom stereocenters. The highest BCUT2D eigenvalue weighted by molar-refractivity contribution is 6.23. The van der Waals surface area contributed by atoms with Crippen molar-refractivity contribution in [2.24, 2.45) is 0 Å². The third-order valence-electron chi connectivity index (χ3n) is 3.54. The maximum absolute atomic E-state index is 12.3. The van der Waals surface area contributed by atoms with Gasteiger partial charge in [0.15, 0.2) is 0 Å². The first-order valence-corrected chi connectivity index (χ1v) is 6.11. The van der Waals surface area contributed by atoms with E-state index in [2.05, 4.69) is 10.6 Å². The van der Waals surface area contributed by atoms with Crippen LogP contribution in [0.4, 0.5) is 5.69 Å². The van der Waals surface area contributed by atoms with Gasteiger partial charge in [0.25, 0.3) is 11.8 Å². The lowest BCUT2D eigenvalue weighted by molar-refractivity contribution is -0.122. The zero-order valence-corrected chi connectivity index (χ0v) is 10.4. The van der Waals surface area contributed by atoms with E-state index in [9.17, 15) is 14.4 Å². The van der Waals surface area contributed by atoms with E-state index in [1.807, 2.05) is 0 Å². The lowest BCUT2D eigenvalue weighted by Gasteiger charge is -2.18. The van der Waals surface area contributed by atoms with Gasteiger partial charge in [-0.25, -0.2) is 0 Å². The number of fused-ring (bicyclic) bond motifs is 1. The Bertz CT molecular complexity index is 597. The van der Waals surface area contributed by atoms with E-state index in [0.717, 1.165) is 10.6 Å². The van der Waals surface area contributed by atoms with Crippen molar-refractivity contribution in [1.82, 2.24) is 10.2 Å². The Kier molecular flexibility index (Phi) is 2.51. The van der Waals surface area contributed by atoms with E-state index in [4.69, 9.17) is 0 Å². The summed E-state index contributed by atoms with van der Waals surface area (Å²) in [7, 11) is 1.74. The molecule has 3 amide bonds. The number of anilines is 1.